The van der Waals surface area contributed by atoms with Crippen molar-refractivity contribution in [2.75, 3.05) is 0 Å². The molecule has 2 atom stereocenters. The molecule has 2 nitrogen and oxygen atoms in total. The fourth-order valence-corrected chi connectivity index (χ4v) is 1.58. The lowest BCUT2D eigenvalue weighted by atomic mass is 9.93. The Morgan fingerprint density at radius 3 is 2.60 bits per heavy atom. The molecule has 0 spiro atoms. The topological polar surface area (TPSA) is 43.1 Å². The summed E-state index contributed by atoms with van der Waals surface area (Å²) >= 11 is 5.93. The van der Waals surface area contributed by atoms with E-state index in [2.05, 4.69) is 0 Å². The Balaban J connectivity index is 2.90. The molecule has 2 unspecified atom stereocenters. The van der Waals surface area contributed by atoms with Crippen LogP contribution in [0.5, 0.6) is 0 Å². The third-order valence-corrected chi connectivity index (χ3v) is 3.03. The van der Waals surface area contributed by atoms with Crippen LogP contribution in [0.25, 0.3) is 0 Å². The summed E-state index contributed by atoms with van der Waals surface area (Å²) in [6.45, 7) is 3.99. The van der Waals surface area contributed by atoms with E-state index in [0.29, 0.717) is 10.6 Å². The predicted octanol–water partition coefficient (Wildman–Crippen LogP) is 2.90. The van der Waals surface area contributed by atoms with E-state index in [9.17, 15) is 4.79 Å². The minimum atomic E-state index is -0.463. The maximum absolute atomic E-state index is 12.0. The molecule has 0 fully saturated rings. The number of benzene rings is 1. The van der Waals surface area contributed by atoms with Gasteiger partial charge in [0.2, 0.25) is 0 Å². The van der Waals surface area contributed by atoms with E-state index in [4.69, 9.17) is 17.3 Å². The molecule has 1 aromatic carbocycles. The highest BCUT2D eigenvalue weighted by Crippen LogP contribution is 2.19. The maximum Gasteiger partial charge on any atom is 0.181 e. The minimum Gasteiger partial charge on any atom is -0.321 e. The Labute approximate surface area is 95.4 Å². The summed E-state index contributed by atoms with van der Waals surface area (Å²) in [5, 5.41) is 0.473. The van der Waals surface area contributed by atoms with E-state index in [1.165, 1.54) is 0 Å². The van der Waals surface area contributed by atoms with Gasteiger partial charge in [-0.1, -0.05) is 44.0 Å². The van der Waals surface area contributed by atoms with Crippen molar-refractivity contribution in [3.63, 3.8) is 0 Å². The SMILES string of the molecule is CCC(C)C(N)C(=O)c1ccccc1Cl. The monoisotopic (exact) mass is 225 g/mol. The first kappa shape index (κ1) is 12.2. The second-order valence-corrected chi connectivity index (χ2v) is 4.16. The number of halogens is 1. The minimum absolute atomic E-state index is 0.0741. The maximum atomic E-state index is 12.0. The number of carbonyl (C=O) groups is 1. The molecular formula is C12H16ClNO. The lowest BCUT2D eigenvalue weighted by Gasteiger charge is -2.17. The molecule has 3 heteroatoms. The van der Waals surface area contributed by atoms with E-state index in [0.717, 1.165) is 6.42 Å². The van der Waals surface area contributed by atoms with E-state index in [1.807, 2.05) is 13.8 Å². The van der Waals surface area contributed by atoms with Gasteiger partial charge in [-0.25, -0.2) is 0 Å². The van der Waals surface area contributed by atoms with Crippen LogP contribution in [0.2, 0.25) is 5.02 Å². The van der Waals surface area contributed by atoms with Crippen LogP contribution in [0.4, 0.5) is 0 Å². The zero-order valence-electron chi connectivity index (χ0n) is 9.03. The highest BCUT2D eigenvalue weighted by atomic mass is 35.5. The van der Waals surface area contributed by atoms with E-state index in [-0.39, 0.29) is 11.7 Å². The molecule has 0 aliphatic rings. The number of ketones is 1. The highest BCUT2D eigenvalue weighted by Gasteiger charge is 2.22. The Hall–Kier alpha value is -0.860. The number of hydrogen-bond acceptors (Lipinski definition) is 2. The van der Waals surface area contributed by atoms with Gasteiger partial charge in [0.05, 0.1) is 11.1 Å². The summed E-state index contributed by atoms with van der Waals surface area (Å²) in [4.78, 5) is 12.0. The van der Waals surface area contributed by atoms with Crippen LogP contribution < -0.4 is 5.73 Å². The largest absolute Gasteiger partial charge is 0.321 e. The number of Topliss-reactive ketones (excluding diaryl/α,β-unsaturated/α-hetero) is 1. The summed E-state index contributed by atoms with van der Waals surface area (Å²) in [5.41, 5.74) is 6.38. The van der Waals surface area contributed by atoms with Crippen molar-refractivity contribution in [2.45, 2.75) is 26.3 Å². The normalized spacial score (nSPS) is 14.7. The number of hydrogen-bond donors (Lipinski definition) is 1. The van der Waals surface area contributed by atoms with Crippen LogP contribution >= 0.6 is 11.6 Å². The molecular weight excluding hydrogens is 210 g/mol. The van der Waals surface area contributed by atoms with Crippen molar-refractivity contribution in [3.8, 4) is 0 Å². The fraction of sp³-hybridized carbons (Fsp3) is 0.417. The van der Waals surface area contributed by atoms with Gasteiger partial charge < -0.3 is 5.73 Å². The van der Waals surface area contributed by atoms with Crippen LogP contribution in [0.3, 0.4) is 0 Å². The summed E-state index contributed by atoms with van der Waals surface area (Å²) in [5.74, 6) is 0.101. The number of rotatable bonds is 4. The molecule has 15 heavy (non-hydrogen) atoms. The van der Waals surface area contributed by atoms with Gasteiger partial charge >= 0.3 is 0 Å². The highest BCUT2D eigenvalue weighted by molar-refractivity contribution is 6.34. The van der Waals surface area contributed by atoms with Gasteiger partial charge in [-0.2, -0.15) is 0 Å². The molecule has 0 amide bonds. The summed E-state index contributed by atoms with van der Waals surface area (Å²) < 4.78 is 0. The second-order valence-electron chi connectivity index (χ2n) is 3.76. The zero-order chi connectivity index (χ0) is 11.4. The Morgan fingerprint density at radius 2 is 2.07 bits per heavy atom. The average molecular weight is 226 g/mol. The third-order valence-electron chi connectivity index (χ3n) is 2.70. The number of nitrogens with two attached hydrogens (primary N) is 1. The van der Waals surface area contributed by atoms with Gasteiger partial charge in [0.15, 0.2) is 5.78 Å². The molecule has 82 valence electrons. The quantitative estimate of drug-likeness (QED) is 0.801. The van der Waals surface area contributed by atoms with Crippen LogP contribution in [-0.2, 0) is 0 Å². The summed E-state index contributed by atoms with van der Waals surface area (Å²) in [7, 11) is 0. The van der Waals surface area contributed by atoms with Crippen molar-refractivity contribution >= 4 is 17.4 Å². The van der Waals surface area contributed by atoms with Gasteiger partial charge in [0, 0.05) is 5.56 Å². The Bertz CT molecular complexity index is 351. The molecule has 0 aliphatic carbocycles. The lowest BCUT2D eigenvalue weighted by molar-refractivity contribution is 0.0935. The first-order valence-electron chi connectivity index (χ1n) is 5.12. The fourth-order valence-electron chi connectivity index (χ4n) is 1.35. The molecule has 1 rings (SSSR count). The molecule has 1 aromatic rings. The van der Waals surface area contributed by atoms with Crippen LogP contribution in [0.15, 0.2) is 24.3 Å². The van der Waals surface area contributed by atoms with Gasteiger partial charge in [-0.3, -0.25) is 4.79 Å². The van der Waals surface area contributed by atoms with Crippen LogP contribution in [-0.4, -0.2) is 11.8 Å². The molecule has 0 aromatic heterocycles. The van der Waals surface area contributed by atoms with Crippen molar-refractivity contribution in [3.05, 3.63) is 34.9 Å². The second kappa shape index (κ2) is 5.29. The van der Waals surface area contributed by atoms with E-state index in [1.54, 1.807) is 24.3 Å². The Kier molecular flexibility index (Phi) is 4.30. The van der Waals surface area contributed by atoms with Gasteiger partial charge in [-0.15, -0.1) is 0 Å². The molecule has 0 heterocycles. The van der Waals surface area contributed by atoms with Crippen LogP contribution in [0, 0.1) is 5.92 Å². The van der Waals surface area contributed by atoms with E-state index >= 15 is 0 Å². The Morgan fingerprint density at radius 1 is 1.47 bits per heavy atom. The molecule has 0 radical (unpaired) electrons. The summed E-state index contributed by atoms with van der Waals surface area (Å²) in [6, 6.07) is 6.55. The smallest absolute Gasteiger partial charge is 0.181 e. The van der Waals surface area contributed by atoms with Crippen LogP contribution in [0.1, 0.15) is 30.6 Å². The average Bonchev–Trinajstić information content (AvgIpc) is 2.26. The molecule has 0 saturated carbocycles. The molecule has 0 aliphatic heterocycles. The first-order chi connectivity index (χ1) is 7.07. The molecule has 0 bridgehead atoms. The van der Waals surface area contributed by atoms with Crippen molar-refractivity contribution in [2.24, 2.45) is 11.7 Å². The lowest BCUT2D eigenvalue weighted by Crippen LogP contribution is -2.36. The summed E-state index contributed by atoms with van der Waals surface area (Å²) in [6.07, 6.45) is 0.886. The van der Waals surface area contributed by atoms with Gasteiger partial charge in [0.25, 0.3) is 0 Å². The van der Waals surface area contributed by atoms with E-state index < -0.39 is 6.04 Å². The molecule has 2 N–H and O–H groups in total. The van der Waals surface area contributed by atoms with Crippen molar-refractivity contribution < 1.29 is 4.79 Å². The van der Waals surface area contributed by atoms with Gasteiger partial charge in [-0.05, 0) is 18.1 Å². The molecule has 0 saturated heterocycles. The third kappa shape index (κ3) is 2.80. The standard InChI is InChI=1S/C12H16ClNO/c1-3-8(2)11(14)12(15)9-6-4-5-7-10(9)13/h4-8,11H,3,14H2,1-2H3. The van der Waals surface area contributed by atoms with Crippen molar-refractivity contribution in [1.82, 2.24) is 0 Å². The van der Waals surface area contributed by atoms with Gasteiger partial charge in [0.1, 0.15) is 0 Å². The van der Waals surface area contributed by atoms with Crippen molar-refractivity contribution in [1.29, 1.82) is 0 Å². The number of carbonyl (C=O) groups excluding carboxylic acids is 1. The first-order valence-corrected chi connectivity index (χ1v) is 5.50. The predicted molar refractivity (Wildman–Crippen MR) is 63.2 cm³/mol. The zero-order valence-corrected chi connectivity index (χ0v) is 9.79.